The first-order valence-electron chi connectivity index (χ1n) is 11.3. The van der Waals surface area contributed by atoms with Gasteiger partial charge in [0.05, 0.1) is 16.8 Å². The van der Waals surface area contributed by atoms with E-state index in [2.05, 4.69) is 5.32 Å². The molecule has 0 atom stereocenters. The smallest absolute Gasteiger partial charge is 0.340 e. The van der Waals surface area contributed by atoms with Gasteiger partial charge in [0, 0.05) is 0 Å². The van der Waals surface area contributed by atoms with Gasteiger partial charge in [-0.2, -0.15) is 0 Å². The van der Waals surface area contributed by atoms with Crippen LogP contribution >= 0.6 is 0 Å². The molecule has 0 unspecified atom stereocenters. The van der Waals surface area contributed by atoms with Crippen LogP contribution in [0.2, 0.25) is 0 Å². The Kier molecular flexibility index (Phi) is 6.69. The van der Waals surface area contributed by atoms with Crippen molar-refractivity contribution in [1.82, 2.24) is 0 Å². The van der Waals surface area contributed by atoms with Crippen molar-refractivity contribution in [1.29, 1.82) is 0 Å². The van der Waals surface area contributed by atoms with E-state index in [-0.39, 0.29) is 16.9 Å². The number of hydrogen-bond donors (Lipinski definition) is 2. The lowest BCUT2D eigenvalue weighted by molar-refractivity contribution is 0.00708. The summed E-state index contributed by atoms with van der Waals surface area (Å²) >= 11 is 0. The average molecular weight is 466 g/mol. The number of hydrogen-bond acceptors (Lipinski definition) is 4. The first-order valence-corrected chi connectivity index (χ1v) is 11.3. The summed E-state index contributed by atoms with van der Waals surface area (Å²) in [5.41, 5.74) is 3.43. The first kappa shape index (κ1) is 23.8. The van der Waals surface area contributed by atoms with Gasteiger partial charge in [-0.15, -0.1) is 0 Å². The molecule has 1 amide bonds. The number of ether oxygens (including phenoxy) is 1. The molecule has 4 aromatic rings. The average Bonchev–Trinajstić information content (AvgIpc) is 2.84. The third-order valence-electron chi connectivity index (χ3n) is 5.34. The van der Waals surface area contributed by atoms with Gasteiger partial charge in [0.15, 0.2) is 0 Å². The van der Waals surface area contributed by atoms with Crippen molar-refractivity contribution in [3.05, 3.63) is 108 Å². The molecule has 0 saturated heterocycles. The van der Waals surface area contributed by atoms with E-state index in [1.165, 1.54) is 0 Å². The highest BCUT2D eigenvalue weighted by atomic mass is 16.6. The zero-order valence-electron chi connectivity index (χ0n) is 19.9. The highest BCUT2D eigenvalue weighted by Crippen LogP contribution is 2.30. The van der Waals surface area contributed by atoms with Crippen LogP contribution in [0, 0.1) is 0 Å². The Labute approximate surface area is 205 Å². The SMILES string of the molecule is CC(C)(C)OC(=O)c1ccc(-c2ccccc2)cc1NC(=O)c1ccc(-c2ccccc2)cc1O. The second-order valence-electron chi connectivity index (χ2n) is 9.18. The molecule has 0 aliphatic rings. The quantitative estimate of drug-likeness (QED) is 0.313. The monoisotopic (exact) mass is 465 g/mol. The van der Waals surface area contributed by atoms with Crippen LogP contribution in [0.25, 0.3) is 22.3 Å². The summed E-state index contributed by atoms with van der Waals surface area (Å²) in [7, 11) is 0. The molecule has 5 nitrogen and oxygen atoms in total. The fourth-order valence-corrected chi connectivity index (χ4v) is 3.69. The van der Waals surface area contributed by atoms with Crippen LogP contribution in [0.1, 0.15) is 41.5 Å². The minimum absolute atomic E-state index is 0.102. The highest BCUT2D eigenvalue weighted by molar-refractivity contribution is 6.10. The summed E-state index contributed by atoms with van der Waals surface area (Å²) in [6.45, 7) is 5.36. The molecule has 0 fully saturated rings. The molecule has 35 heavy (non-hydrogen) atoms. The third-order valence-corrected chi connectivity index (χ3v) is 5.34. The van der Waals surface area contributed by atoms with E-state index in [1.807, 2.05) is 66.7 Å². The van der Waals surface area contributed by atoms with E-state index in [1.54, 1.807) is 51.1 Å². The second kappa shape index (κ2) is 9.85. The van der Waals surface area contributed by atoms with Crippen molar-refractivity contribution in [2.45, 2.75) is 26.4 Å². The summed E-state index contributed by atoms with van der Waals surface area (Å²) in [5, 5.41) is 13.4. The van der Waals surface area contributed by atoms with E-state index in [0.717, 1.165) is 22.3 Å². The molecule has 0 spiro atoms. The van der Waals surface area contributed by atoms with Crippen molar-refractivity contribution in [3.63, 3.8) is 0 Å². The Balaban J connectivity index is 1.68. The van der Waals surface area contributed by atoms with Crippen molar-refractivity contribution in [2.24, 2.45) is 0 Å². The Hall–Kier alpha value is -4.38. The number of aromatic hydroxyl groups is 1. The lowest BCUT2D eigenvalue weighted by Gasteiger charge is -2.21. The predicted octanol–water partition coefficient (Wildman–Crippen LogP) is 6.93. The number of benzene rings is 4. The molecular weight excluding hydrogens is 438 g/mol. The van der Waals surface area contributed by atoms with Crippen LogP contribution in [0.15, 0.2) is 97.1 Å². The Morgan fingerprint density at radius 1 is 0.686 bits per heavy atom. The van der Waals surface area contributed by atoms with Crippen molar-refractivity contribution >= 4 is 17.6 Å². The van der Waals surface area contributed by atoms with Crippen molar-refractivity contribution in [3.8, 4) is 28.0 Å². The normalized spacial score (nSPS) is 11.1. The molecule has 0 saturated carbocycles. The molecule has 0 bridgehead atoms. The van der Waals surface area contributed by atoms with Gasteiger partial charge >= 0.3 is 5.97 Å². The maximum Gasteiger partial charge on any atom is 0.340 e. The lowest BCUT2D eigenvalue weighted by Crippen LogP contribution is -2.25. The van der Waals surface area contributed by atoms with Crippen molar-refractivity contribution in [2.75, 3.05) is 5.32 Å². The number of nitrogens with one attached hydrogen (secondary N) is 1. The predicted molar refractivity (Wildman–Crippen MR) is 139 cm³/mol. The number of phenolic OH excluding ortho intramolecular Hbond substituents is 1. The van der Waals surface area contributed by atoms with Crippen LogP contribution in [-0.4, -0.2) is 22.6 Å². The largest absolute Gasteiger partial charge is 0.507 e. The minimum Gasteiger partial charge on any atom is -0.507 e. The summed E-state index contributed by atoms with van der Waals surface area (Å²) in [5.74, 6) is -1.23. The molecular formula is C30H27NO4. The Bertz CT molecular complexity index is 1360. The number of phenols is 1. The fourth-order valence-electron chi connectivity index (χ4n) is 3.69. The van der Waals surface area contributed by atoms with Gasteiger partial charge in [0.1, 0.15) is 11.4 Å². The lowest BCUT2D eigenvalue weighted by atomic mass is 10.0. The molecule has 5 heteroatoms. The van der Waals surface area contributed by atoms with Crippen LogP contribution < -0.4 is 5.32 Å². The molecule has 4 aromatic carbocycles. The minimum atomic E-state index is -0.692. The van der Waals surface area contributed by atoms with Crippen LogP contribution in [0.5, 0.6) is 5.75 Å². The van der Waals surface area contributed by atoms with Gasteiger partial charge < -0.3 is 15.2 Å². The summed E-state index contributed by atoms with van der Waals surface area (Å²) in [6.07, 6.45) is 0. The van der Waals surface area contributed by atoms with Crippen molar-refractivity contribution < 1.29 is 19.4 Å². The zero-order valence-corrected chi connectivity index (χ0v) is 19.9. The maximum atomic E-state index is 13.2. The molecule has 176 valence electrons. The number of amides is 1. The van der Waals surface area contributed by atoms with E-state index < -0.39 is 17.5 Å². The molecule has 0 radical (unpaired) electrons. The number of esters is 1. The van der Waals surface area contributed by atoms with Gasteiger partial charge in [-0.3, -0.25) is 4.79 Å². The van der Waals surface area contributed by atoms with Gasteiger partial charge in [-0.25, -0.2) is 4.79 Å². The number of carbonyl (C=O) groups excluding carboxylic acids is 2. The highest BCUT2D eigenvalue weighted by Gasteiger charge is 2.23. The standard InChI is InChI=1S/C30H27NO4/c1-30(2,3)35-29(34)24-16-14-22(20-10-6-4-7-11-20)18-26(24)31-28(33)25-17-15-23(19-27(25)32)21-12-8-5-9-13-21/h4-19,32H,1-3H3,(H,31,33). The summed E-state index contributed by atoms with van der Waals surface area (Å²) in [4.78, 5) is 26.1. The topological polar surface area (TPSA) is 75.6 Å². The second-order valence-corrected chi connectivity index (χ2v) is 9.18. The fraction of sp³-hybridized carbons (Fsp3) is 0.133. The summed E-state index contributed by atoms with van der Waals surface area (Å²) in [6, 6.07) is 29.3. The van der Waals surface area contributed by atoms with E-state index >= 15 is 0 Å². The number of rotatable bonds is 5. The Morgan fingerprint density at radius 3 is 1.71 bits per heavy atom. The van der Waals surface area contributed by atoms with Gasteiger partial charge in [0.25, 0.3) is 5.91 Å². The molecule has 4 rings (SSSR count). The van der Waals surface area contributed by atoms with Gasteiger partial charge in [-0.1, -0.05) is 72.8 Å². The number of carbonyl (C=O) groups is 2. The molecule has 0 aliphatic carbocycles. The van der Waals surface area contributed by atoms with Crippen LogP contribution in [0.3, 0.4) is 0 Å². The molecule has 0 aliphatic heterocycles. The maximum absolute atomic E-state index is 13.2. The van der Waals surface area contributed by atoms with E-state index in [0.29, 0.717) is 5.69 Å². The third kappa shape index (κ3) is 5.76. The first-order chi connectivity index (χ1) is 16.7. The van der Waals surface area contributed by atoms with Gasteiger partial charge in [-0.05, 0) is 67.3 Å². The molecule has 0 heterocycles. The van der Waals surface area contributed by atoms with Gasteiger partial charge in [0.2, 0.25) is 0 Å². The molecule has 0 aromatic heterocycles. The number of anilines is 1. The summed E-state index contributed by atoms with van der Waals surface area (Å²) < 4.78 is 5.55. The zero-order chi connectivity index (χ0) is 25.0. The van der Waals surface area contributed by atoms with E-state index in [4.69, 9.17) is 4.74 Å². The van der Waals surface area contributed by atoms with Crippen LogP contribution in [-0.2, 0) is 4.74 Å². The van der Waals surface area contributed by atoms with Crippen LogP contribution in [0.4, 0.5) is 5.69 Å². The Morgan fingerprint density at radius 2 is 1.20 bits per heavy atom. The molecule has 2 N–H and O–H groups in total. The van der Waals surface area contributed by atoms with E-state index in [9.17, 15) is 14.7 Å².